The van der Waals surface area contributed by atoms with E-state index in [2.05, 4.69) is 25.7 Å². The lowest BCUT2D eigenvalue weighted by Gasteiger charge is -2.36. The van der Waals surface area contributed by atoms with Crippen LogP contribution in [0.3, 0.4) is 0 Å². The average Bonchev–Trinajstić information content (AvgIpc) is 3.62. The van der Waals surface area contributed by atoms with E-state index in [0.29, 0.717) is 57.6 Å². The van der Waals surface area contributed by atoms with Crippen LogP contribution in [0, 0.1) is 18.2 Å². The van der Waals surface area contributed by atoms with E-state index in [9.17, 15) is 13.7 Å². The number of hydrogen-bond donors (Lipinski definition) is 1. The van der Waals surface area contributed by atoms with Gasteiger partial charge in [-0.1, -0.05) is 18.1 Å². The van der Waals surface area contributed by atoms with E-state index in [1.807, 2.05) is 0 Å². The topological polar surface area (TPSA) is 91.7 Å². The zero-order valence-electron chi connectivity index (χ0n) is 24.0. The Morgan fingerprint density at radius 1 is 1.20 bits per heavy atom. The van der Waals surface area contributed by atoms with Crippen molar-refractivity contribution in [2.45, 2.75) is 55.9 Å². The normalized spacial score (nSPS) is 28.1. The molecule has 0 amide bonds. The molecule has 2 unspecified atom stereocenters. The second kappa shape index (κ2) is 10.3. The van der Waals surface area contributed by atoms with Crippen LogP contribution in [-0.2, 0) is 10.8 Å². The fraction of sp³-hybridized carbons (Fsp3) is 0.424. The molecule has 4 saturated heterocycles. The molecule has 4 aliphatic rings. The molecule has 44 heavy (non-hydrogen) atoms. The van der Waals surface area contributed by atoms with Gasteiger partial charge in [-0.2, -0.15) is 9.97 Å². The minimum absolute atomic E-state index is 0.00233. The molecule has 0 radical (unpaired) electrons. The number of alkyl halides is 1. The fourth-order valence-corrected chi connectivity index (χ4v) is 9.62. The Balaban J connectivity index is 1.29. The van der Waals surface area contributed by atoms with Crippen LogP contribution >= 0.6 is 0 Å². The maximum absolute atomic E-state index is 16.8. The number of nitrogens with zero attached hydrogens (tertiary/aromatic N) is 5. The van der Waals surface area contributed by atoms with Gasteiger partial charge in [0.1, 0.15) is 35.6 Å². The second-order valence-corrected chi connectivity index (χ2v) is 14.0. The molecule has 8 nitrogen and oxygen atoms in total. The van der Waals surface area contributed by atoms with Crippen LogP contribution in [0.25, 0.3) is 32.9 Å². The molecule has 4 atom stereocenters. The zero-order chi connectivity index (χ0) is 30.2. The summed E-state index contributed by atoms with van der Waals surface area (Å²) in [5.74, 6) is 3.48. The number of rotatable bonds is 5. The highest BCUT2D eigenvalue weighted by Gasteiger charge is 2.49. The lowest BCUT2D eigenvalue weighted by molar-refractivity contribution is 0.107. The first-order valence-corrected chi connectivity index (χ1v) is 16.6. The van der Waals surface area contributed by atoms with Gasteiger partial charge in [0, 0.05) is 70.1 Å². The molecule has 2 aromatic carbocycles. The quantitative estimate of drug-likeness (QED) is 0.323. The van der Waals surface area contributed by atoms with Crippen LogP contribution in [-0.4, -0.2) is 84.2 Å². The molecule has 4 aliphatic heterocycles. The largest absolute Gasteiger partial charge is 0.508 e. The number of pyridine rings is 1. The Bertz CT molecular complexity index is 1880. The Kier molecular flexibility index (Phi) is 6.50. The molecule has 2 bridgehead atoms. The Morgan fingerprint density at radius 2 is 2.02 bits per heavy atom. The van der Waals surface area contributed by atoms with Gasteiger partial charge in [-0.05, 0) is 55.8 Å². The number of phenolic OH excluding ortho intramolecular Hbond substituents is 1. The number of aromatic hydroxyl groups is 1. The summed E-state index contributed by atoms with van der Waals surface area (Å²) < 4.78 is 50.0. The van der Waals surface area contributed by atoms with Crippen molar-refractivity contribution in [3.63, 3.8) is 0 Å². The summed E-state index contributed by atoms with van der Waals surface area (Å²) in [5.41, 5.74) is 0.506. The van der Waals surface area contributed by atoms with Crippen LogP contribution in [0.1, 0.15) is 37.7 Å². The number of aromatic nitrogens is 3. The summed E-state index contributed by atoms with van der Waals surface area (Å²) in [6, 6.07) is 8.42. The maximum Gasteiger partial charge on any atom is 0.319 e. The first kappa shape index (κ1) is 27.7. The van der Waals surface area contributed by atoms with Crippen molar-refractivity contribution in [3.8, 4) is 35.4 Å². The van der Waals surface area contributed by atoms with Gasteiger partial charge in [0.05, 0.1) is 10.9 Å². The van der Waals surface area contributed by atoms with Gasteiger partial charge in [0.15, 0.2) is 5.82 Å². The van der Waals surface area contributed by atoms with Crippen molar-refractivity contribution in [1.29, 1.82) is 0 Å². The number of hydrogen-bond acceptors (Lipinski definition) is 8. The molecule has 0 spiro atoms. The molecule has 0 aliphatic carbocycles. The number of halogens is 2. The van der Waals surface area contributed by atoms with E-state index in [1.165, 1.54) is 6.07 Å². The highest BCUT2D eigenvalue weighted by molar-refractivity contribution is 7.85. The molecule has 8 rings (SSSR count). The van der Waals surface area contributed by atoms with Crippen molar-refractivity contribution in [1.82, 2.24) is 19.9 Å². The van der Waals surface area contributed by atoms with Crippen molar-refractivity contribution in [2.24, 2.45) is 0 Å². The van der Waals surface area contributed by atoms with Gasteiger partial charge in [-0.25, -0.2) is 8.78 Å². The highest BCUT2D eigenvalue weighted by Crippen LogP contribution is 2.43. The SMILES string of the molecule is C#Cc1cccc2cc(O)cc(-c3ncc4c(N5C6CCC5CS(=O)C6)nc(OC[C@@]56CCCN5C[C@H](F)C6)nc4c3F)c12. The van der Waals surface area contributed by atoms with Crippen LogP contribution in [0.4, 0.5) is 14.6 Å². The summed E-state index contributed by atoms with van der Waals surface area (Å²) >= 11 is 0. The first-order valence-electron chi connectivity index (χ1n) is 15.1. The van der Waals surface area contributed by atoms with Crippen LogP contribution in [0.5, 0.6) is 11.8 Å². The van der Waals surface area contributed by atoms with Crippen LogP contribution in [0.15, 0.2) is 36.5 Å². The van der Waals surface area contributed by atoms with Crippen LogP contribution in [0.2, 0.25) is 0 Å². The monoisotopic (exact) mass is 615 g/mol. The van der Waals surface area contributed by atoms with E-state index in [-0.39, 0.29) is 41.7 Å². The fourth-order valence-electron chi connectivity index (χ4n) is 7.97. The number of fused-ring (bicyclic) bond motifs is 5. The van der Waals surface area contributed by atoms with Crippen molar-refractivity contribution >= 4 is 38.3 Å². The van der Waals surface area contributed by atoms with E-state index in [1.54, 1.807) is 30.5 Å². The second-order valence-electron chi connectivity index (χ2n) is 12.5. The van der Waals surface area contributed by atoms with E-state index >= 15 is 4.39 Å². The molecule has 2 aromatic heterocycles. The molecule has 226 valence electrons. The number of anilines is 1. The lowest BCUT2D eigenvalue weighted by Crippen LogP contribution is -2.47. The van der Waals surface area contributed by atoms with E-state index in [4.69, 9.17) is 16.1 Å². The maximum atomic E-state index is 16.8. The van der Waals surface area contributed by atoms with Crippen molar-refractivity contribution < 1.29 is 22.8 Å². The van der Waals surface area contributed by atoms with E-state index < -0.39 is 28.3 Å². The predicted octanol–water partition coefficient (Wildman–Crippen LogP) is 4.73. The predicted molar refractivity (Wildman–Crippen MR) is 166 cm³/mol. The van der Waals surface area contributed by atoms with E-state index in [0.717, 1.165) is 32.2 Å². The molecule has 4 aromatic rings. The lowest BCUT2D eigenvalue weighted by atomic mass is 9.95. The highest BCUT2D eigenvalue weighted by atomic mass is 32.2. The number of phenols is 1. The zero-order valence-corrected chi connectivity index (χ0v) is 24.8. The molecule has 4 fully saturated rings. The summed E-state index contributed by atoms with van der Waals surface area (Å²) in [4.78, 5) is 18.3. The molecule has 11 heteroatoms. The van der Waals surface area contributed by atoms with Gasteiger partial charge < -0.3 is 14.7 Å². The number of benzene rings is 2. The first-order chi connectivity index (χ1) is 21.3. The average molecular weight is 616 g/mol. The van der Waals surface area contributed by atoms with Gasteiger partial charge in [0.2, 0.25) is 0 Å². The minimum atomic E-state index is -0.923. The Morgan fingerprint density at radius 3 is 2.82 bits per heavy atom. The summed E-state index contributed by atoms with van der Waals surface area (Å²) in [6.07, 6.45) is 10.4. The molecular weight excluding hydrogens is 584 g/mol. The van der Waals surface area contributed by atoms with Gasteiger partial charge in [-0.3, -0.25) is 14.1 Å². The smallest absolute Gasteiger partial charge is 0.319 e. The van der Waals surface area contributed by atoms with Gasteiger partial charge >= 0.3 is 6.01 Å². The number of terminal acetylenes is 1. The summed E-state index contributed by atoms with van der Waals surface area (Å²) in [5, 5.41) is 12.2. The summed E-state index contributed by atoms with van der Waals surface area (Å²) in [6.45, 7) is 1.42. The third kappa shape index (κ3) is 4.33. The van der Waals surface area contributed by atoms with Crippen molar-refractivity contribution in [2.75, 3.05) is 36.1 Å². The molecular formula is C33H31F2N5O3S. The molecule has 6 heterocycles. The third-order valence-corrected chi connectivity index (χ3v) is 11.4. The van der Waals surface area contributed by atoms with Crippen molar-refractivity contribution in [3.05, 3.63) is 47.9 Å². The molecule has 1 N–H and O–H groups in total. The minimum Gasteiger partial charge on any atom is -0.508 e. The standard InChI is InChI=1S/C33H31F2N5O3S/c1-2-19-5-3-6-20-11-24(41)12-25(27(19)20)29-28(35)30-26(14-36-29)31(40-22-7-8-23(40)17-44(42)16-22)38-32(37-30)43-18-33-9-4-10-39(33)15-21(34)13-33/h1,3,5-6,11-12,14,21-23,41H,4,7-10,13,15-18H2/t21-,22?,23?,33+,44?/m1/s1. The Hall–Kier alpha value is -3.88. The summed E-state index contributed by atoms with van der Waals surface area (Å²) in [7, 11) is -0.923. The van der Waals surface area contributed by atoms with Crippen LogP contribution < -0.4 is 9.64 Å². The third-order valence-electron chi connectivity index (χ3n) is 9.87. The van der Waals surface area contributed by atoms with Gasteiger partial charge in [-0.15, -0.1) is 6.42 Å². The molecule has 0 saturated carbocycles. The number of ether oxygens (including phenoxy) is 1. The Labute approximate surface area is 255 Å². The van der Waals surface area contributed by atoms with Gasteiger partial charge in [0.25, 0.3) is 0 Å².